The molecule has 0 bridgehead atoms. The van der Waals surface area contributed by atoms with Gasteiger partial charge in [0.05, 0.1) is 0 Å². The molecule has 13 heavy (non-hydrogen) atoms. The maximum atomic E-state index is 11.4. The maximum Gasteiger partial charge on any atom is 0.222 e. The van der Waals surface area contributed by atoms with Gasteiger partial charge in [0, 0.05) is 24.8 Å². The zero-order valence-corrected chi connectivity index (χ0v) is 10.4. The number of unbranched alkanes of at least 4 members (excludes halogenated alkanes) is 1. The molecule has 0 aromatic rings. The van der Waals surface area contributed by atoms with Crippen LogP contribution in [0.15, 0.2) is 0 Å². The molecule has 0 N–H and O–H groups in total. The molecule has 0 rings (SSSR count). The SMILES string of the molecule is CCCCC(=O)N(C)CCC(C)Br. The predicted octanol–water partition coefficient (Wildman–Crippen LogP) is 2.81. The second-order valence-corrected chi connectivity index (χ2v) is 5.05. The molecule has 1 unspecified atom stereocenters. The molecule has 0 aliphatic carbocycles. The van der Waals surface area contributed by atoms with Gasteiger partial charge in [-0.25, -0.2) is 0 Å². The molecule has 0 aromatic carbocycles. The van der Waals surface area contributed by atoms with E-state index < -0.39 is 0 Å². The standard InChI is InChI=1S/C10H20BrNO/c1-4-5-6-10(13)12(3)8-7-9(2)11/h9H,4-8H2,1-3H3. The molecule has 2 nitrogen and oxygen atoms in total. The Balaban J connectivity index is 3.57. The van der Waals surface area contributed by atoms with E-state index in [0.29, 0.717) is 11.2 Å². The fourth-order valence-corrected chi connectivity index (χ4v) is 1.22. The van der Waals surface area contributed by atoms with Crippen LogP contribution in [-0.4, -0.2) is 29.2 Å². The minimum absolute atomic E-state index is 0.273. The van der Waals surface area contributed by atoms with Crippen molar-refractivity contribution in [3.05, 3.63) is 0 Å². The Morgan fingerprint density at radius 3 is 2.62 bits per heavy atom. The summed E-state index contributed by atoms with van der Waals surface area (Å²) in [6.45, 7) is 5.06. The van der Waals surface area contributed by atoms with Gasteiger partial charge in [-0.3, -0.25) is 4.79 Å². The Bertz CT molecular complexity index is 148. The van der Waals surface area contributed by atoms with Crippen molar-refractivity contribution in [3.8, 4) is 0 Å². The van der Waals surface area contributed by atoms with Crippen LogP contribution in [0.2, 0.25) is 0 Å². The molecule has 0 heterocycles. The van der Waals surface area contributed by atoms with Crippen LogP contribution in [-0.2, 0) is 4.79 Å². The number of amides is 1. The predicted molar refractivity (Wildman–Crippen MR) is 60.2 cm³/mol. The van der Waals surface area contributed by atoms with Gasteiger partial charge in [-0.15, -0.1) is 0 Å². The largest absolute Gasteiger partial charge is 0.346 e. The van der Waals surface area contributed by atoms with Crippen LogP contribution in [0, 0.1) is 0 Å². The summed E-state index contributed by atoms with van der Waals surface area (Å²) < 4.78 is 0. The third-order valence-corrected chi connectivity index (χ3v) is 2.49. The van der Waals surface area contributed by atoms with Gasteiger partial charge in [0.2, 0.25) is 5.91 Å². The van der Waals surface area contributed by atoms with Gasteiger partial charge in [0.25, 0.3) is 0 Å². The highest BCUT2D eigenvalue weighted by Gasteiger charge is 2.08. The second-order valence-electron chi connectivity index (χ2n) is 3.49. The van der Waals surface area contributed by atoms with Gasteiger partial charge in [-0.2, -0.15) is 0 Å². The van der Waals surface area contributed by atoms with E-state index in [2.05, 4.69) is 29.8 Å². The Morgan fingerprint density at radius 1 is 1.54 bits per heavy atom. The van der Waals surface area contributed by atoms with Crippen LogP contribution >= 0.6 is 15.9 Å². The summed E-state index contributed by atoms with van der Waals surface area (Å²) in [7, 11) is 1.88. The number of hydrogen-bond acceptors (Lipinski definition) is 1. The summed E-state index contributed by atoms with van der Waals surface area (Å²) in [5, 5.41) is 0. The zero-order valence-electron chi connectivity index (χ0n) is 8.85. The summed E-state index contributed by atoms with van der Waals surface area (Å²) in [6, 6.07) is 0. The highest BCUT2D eigenvalue weighted by molar-refractivity contribution is 9.09. The number of carbonyl (C=O) groups is 1. The van der Waals surface area contributed by atoms with Crippen LogP contribution in [0.5, 0.6) is 0 Å². The lowest BCUT2D eigenvalue weighted by Gasteiger charge is -2.17. The highest BCUT2D eigenvalue weighted by Crippen LogP contribution is 2.05. The fraction of sp³-hybridized carbons (Fsp3) is 0.900. The van der Waals surface area contributed by atoms with E-state index >= 15 is 0 Å². The van der Waals surface area contributed by atoms with Crippen molar-refractivity contribution in [3.63, 3.8) is 0 Å². The van der Waals surface area contributed by atoms with Crippen molar-refractivity contribution in [2.75, 3.05) is 13.6 Å². The van der Waals surface area contributed by atoms with Crippen molar-refractivity contribution >= 4 is 21.8 Å². The number of carbonyl (C=O) groups excluding carboxylic acids is 1. The van der Waals surface area contributed by atoms with E-state index in [9.17, 15) is 4.79 Å². The third kappa shape index (κ3) is 7.05. The fourth-order valence-electron chi connectivity index (χ4n) is 1.02. The molecule has 0 spiro atoms. The van der Waals surface area contributed by atoms with Crippen LogP contribution in [0.25, 0.3) is 0 Å². The minimum atomic E-state index is 0.273. The monoisotopic (exact) mass is 249 g/mol. The number of hydrogen-bond donors (Lipinski definition) is 0. The van der Waals surface area contributed by atoms with Gasteiger partial charge in [0.1, 0.15) is 0 Å². The summed E-state index contributed by atoms with van der Waals surface area (Å²) in [5.41, 5.74) is 0. The average molecular weight is 250 g/mol. The first kappa shape index (κ1) is 12.9. The molecule has 0 aliphatic heterocycles. The average Bonchev–Trinajstić information content (AvgIpc) is 2.10. The van der Waals surface area contributed by atoms with Crippen LogP contribution in [0.1, 0.15) is 39.5 Å². The summed E-state index contributed by atoms with van der Waals surface area (Å²) in [4.78, 5) is 13.7. The maximum absolute atomic E-state index is 11.4. The van der Waals surface area contributed by atoms with Crippen LogP contribution in [0.3, 0.4) is 0 Å². The number of nitrogens with zero attached hydrogens (tertiary/aromatic N) is 1. The van der Waals surface area contributed by atoms with Crippen molar-refractivity contribution < 1.29 is 4.79 Å². The van der Waals surface area contributed by atoms with E-state index in [1.54, 1.807) is 0 Å². The zero-order chi connectivity index (χ0) is 10.3. The van der Waals surface area contributed by atoms with Crippen molar-refractivity contribution in [1.82, 2.24) is 4.90 Å². The Morgan fingerprint density at radius 2 is 2.15 bits per heavy atom. The molecule has 0 saturated carbocycles. The van der Waals surface area contributed by atoms with E-state index in [1.807, 2.05) is 11.9 Å². The number of halogens is 1. The molecule has 1 amide bonds. The molecule has 0 aromatic heterocycles. The highest BCUT2D eigenvalue weighted by atomic mass is 79.9. The molecule has 3 heteroatoms. The van der Waals surface area contributed by atoms with Crippen LogP contribution in [0.4, 0.5) is 0 Å². The first-order chi connectivity index (χ1) is 6.07. The van der Waals surface area contributed by atoms with Gasteiger partial charge in [-0.05, 0) is 12.8 Å². The molecule has 0 fully saturated rings. The molecule has 78 valence electrons. The van der Waals surface area contributed by atoms with Gasteiger partial charge in [-0.1, -0.05) is 36.2 Å². The van der Waals surface area contributed by atoms with Crippen molar-refractivity contribution in [2.24, 2.45) is 0 Å². The Hall–Kier alpha value is -0.0500. The molecule has 0 aliphatic rings. The summed E-state index contributed by atoms with van der Waals surface area (Å²) >= 11 is 3.47. The molecular formula is C10H20BrNO. The summed E-state index contributed by atoms with van der Waals surface area (Å²) in [6.07, 6.45) is 3.82. The van der Waals surface area contributed by atoms with Gasteiger partial charge >= 0.3 is 0 Å². The lowest BCUT2D eigenvalue weighted by Crippen LogP contribution is -2.28. The van der Waals surface area contributed by atoms with E-state index in [4.69, 9.17) is 0 Å². The smallest absolute Gasteiger partial charge is 0.222 e. The van der Waals surface area contributed by atoms with Crippen LogP contribution < -0.4 is 0 Å². The van der Waals surface area contributed by atoms with Crippen molar-refractivity contribution in [2.45, 2.75) is 44.4 Å². The topological polar surface area (TPSA) is 20.3 Å². The molecular weight excluding hydrogens is 230 g/mol. The van der Waals surface area contributed by atoms with Gasteiger partial charge in [0.15, 0.2) is 0 Å². The van der Waals surface area contributed by atoms with E-state index in [-0.39, 0.29) is 5.91 Å². The van der Waals surface area contributed by atoms with E-state index in [1.165, 1.54) is 0 Å². The lowest BCUT2D eigenvalue weighted by atomic mass is 10.2. The Kier molecular flexibility index (Phi) is 7.33. The summed E-state index contributed by atoms with van der Waals surface area (Å²) in [5.74, 6) is 0.273. The van der Waals surface area contributed by atoms with Gasteiger partial charge < -0.3 is 4.90 Å². The van der Waals surface area contributed by atoms with Crippen molar-refractivity contribution in [1.29, 1.82) is 0 Å². The number of alkyl halides is 1. The first-order valence-electron chi connectivity index (χ1n) is 4.96. The number of rotatable bonds is 6. The normalized spacial score (nSPS) is 12.6. The second kappa shape index (κ2) is 7.36. The first-order valence-corrected chi connectivity index (χ1v) is 5.87. The molecule has 0 saturated heterocycles. The lowest BCUT2D eigenvalue weighted by molar-refractivity contribution is -0.130. The van der Waals surface area contributed by atoms with E-state index in [0.717, 1.165) is 25.8 Å². The quantitative estimate of drug-likeness (QED) is 0.664. The minimum Gasteiger partial charge on any atom is -0.346 e. The Labute approximate surface area is 89.8 Å². The third-order valence-electron chi connectivity index (χ3n) is 2.03. The molecule has 1 atom stereocenters. The molecule has 0 radical (unpaired) electrons.